The van der Waals surface area contributed by atoms with E-state index in [1.54, 1.807) is 11.3 Å². The van der Waals surface area contributed by atoms with E-state index in [4.69, 9.17) is 24.9 Å². The summed E-state index contributed by atoms with van der Waals surface area (Å²) in [5.74, 6) is 2.54. The van der Waals surface area contributed by atoms with Gasteiger partial charge in [0.05, 0.1) is 11.4 Å². The van der Waals surface area contributed by atoms with Crippen molar-refractivity contribution in [2.75, 3.05) is 0 Å². The van der Waals surface area contributed by atoms with Crippen molar-refractivity contribution in [2.45, 2.75) is 0 Å². The van der Waals surface area contributed by atoms with Crippen LogP contribution in [0.1, 0.15) is 0 Å². The van der Waals surface area contributed by atoms with E-state index in [0.29, 0.717) is 23.3 Å². The monoisotopic (exact) mass is 645 g/mol. The third kappa shape index (κ3) is 5.54. The minimum Gasteiger partial charge on any atom is -0.228 e. The van der Waals surface area contributed by atoms with E-state index in [1.807, 2.05) is 97.1 Å². The maximum atomic E-state index is 5.17. The fourth-order valence-electron chi connectivity index (χ4n) is 6.18. The first-order valence-electron chi connectivity index (χ1n) is 16.1. The summed E-state index contributed by atoms with van der Waals surface area (Å²) in [6, 6.07) is 55.7. The molecule has 0 fully saturated rings. The Morgan fingerprint density at radius 2 is 0.776 bits per heavy atom. The highest BCUT2D eigenvalue weighted by Gasteiger charge is 2.20. The highest BCUT2D eigenvalue weighted by molar-refractivity contribution is 7.26. The summed E-state index contributed by atoms with van der Waals surface area (Å²) < 4.78 is 2.34. The van der Waals surface area contributed by atoms with Crippen molar-refractivity contribution in [1.82, 2.24) is 24.9 Å². The molecule has 5 nitrogen and oxygen atoms in total. The number of fused-ring (bicyclic) bond motifs is 3. The Hall–Kier alpha value is -6.37. The zero-order valence-electron chi connectivity index (χ0n) is 26.2. The second-order valence-corrected chi connectivity index (χ2v) is 12.8. The number of nitrogens with zero attached hydrogens (tertiary/aromatic N) is 5. The lowest BCUT2D eigenvalue weighted by molar-refractivity contribution is 1.08. The van der Waals surface area contributed by atoms with E-state index in [2.05, 4.69) is 66.7 Å². The molecule has 49 heavy (non-hydrogen) atoms. The molecule has 0 spiro atoms. The molecule has 0 unspecified atom stereocenters. The van der Waals surface area contributed by atoms with Crippen LogP contribution in [0.5, 0.6) is 0 Å². The molecule has 0 aliphatic rings. The average Bonchev–Trinajstić information content (AvgIpc) is 3.57. The molecule has 0 bridgehead atoms. The highest BCUT2D eigenvalue weighted by atomic mass is 32.1. The largest absolute Gasteiger partial charge is 0.228 e. The molecule has 0 radical (unpaired) electrons. The predicted octanol–water partition coefficient (Wildman–Crippen LogP) is 11.0. The first kappa shape index (κ1) is 28.8. The predicted molar refractivity (Wildman–Crippen MR) is 201 cm³/mol. The normalized spacial score (nSPS) is 11.3. The van der Waals surface area contributed by atoms with Gasteiger partial charge in [0.1, 0.15) is 0 Å². The van der Waals surface area contributed by atoms with Gasteiger partial charge >= 0.3 is 0 Å². The second kappa shape index (κ2) is 12.3. The Morgan fingerprint density at radius 1 is 0.327 bits per heavy atom. The van der Waals surface area contributed by atoms with E-state index in [1.165, 1.54) is 10.1 Å². The maximum Gasteiger partial charge on any atom is 0.164 e. The number of rotatable bonds is 6. The van der Waals surface area contributed by atoms with Crippen LogP contribution < -0.4 is 0 Å². The van der Waals surface area contributed by atoms with Crippen molar-refractivity contribution in [1.29, 1.82) is 0 Å². The SMILES string of the molecule is c1ccc(-c2cc(-c3cc(-c4nc(-c5ccccc5)nc(-c5ccccc5)n4)c4c(c3)sc3ccccc34)nc(-c3ccccc3)n2)cc1. The van der Waals surface area contributed by atoms with Crippen molar-refractivity contribution >= 4 is 31.5 Å². The van der Waals surface area contributed by atoms with Crippen LogP contribution in [-0.4, -0.2) is 24.9 Å². The van der Waals surface area contributed by atoms with Crippen molar-refractivity contribution < 1.29 is 0 Å². The van der Waals surface area contributed by atoms with E-state index in [-0.39, 0.29) is 0 Å². The van der Waals surface area contributed by atoms with Gasteiger partial charge in [-0.25, -0.2) is 24.9 Å². The van der Waals surface area contributed by atoms with Gasteiger partial charge in [-0.3, -0.25) is 0 Å². The Labute approximate surface area is 287 Å². The van der Waals surface area contributed by atoms with Crippen LogP contribution in [0.25, 0.3) is 88.2 Å². The zero-order valence-corrected chi connectivity index (χ0v) is 27.0. The number of thiophene rings is 1. The molecule has 0 N–H and O–H groups in total. The van der Waals surface area contributed by atoms with E-state index < -0.39 is 0 Å². The number of benzene rings is 6. The minimum atomic E-state index is 0.615. The van der Waals surface area contributed by atoms with E-state index in [9.17, 15) is 0 Å². The van der Waals surface area contributed by atoms with Crippen molar-refractivity contribution in [3.05, 3.63) is 164 Å². The smallest absolute Gasteiger partial charge is 0.164 e. The number of hydrogen-bond donors (Lipinski definition) is 0. The van der Waals surface area contributed by atoms with Crippen molar-refractivity contribution in [2.24, 2.45) is 0 Å². The topological polar surface area (TPSA) is 64.5 Å². The molecule has 0 saturated heterocycles. The molecule has 230 valence electrons. The van der Waals surface area contributed by atoms with Gasteiger partial charge in [-0.2, -0.15) is 0 Å². The van der Waals surface area contributed by atoms with Gasteiger partial charge < -0.3 is 0 Å². The zero-order chi connectivity index (χ0) is 32.6. The molecule has 9 rings (SSSR count). The first-order valence-corrected chi connectivity index (χ1v) is 16.9. The molecule has 0 amide bonds. The lowest BCUT2D eigenvalue weighted by atomic mass is 9.99. The Morgan fingerprint density at radius 3 is 1.35 bits per heavy atom. The Kier molecular flexibility index (Phi) is 7.26. The van der Waals surface area contributed by atoms with Crippen LogP contribution in [0, 0.1) is 0 Å². The molecule has 3 aromatic heterocycles. The van der Waals surface area contributed by atoms with Crippen LogP contribution in [-0.2, 0) is 0 Å². The van der Waals surface area contributed by atoms with Gasteiger partial charge in [-0.15, -0.1) is 11.3 Å². The third-order valence-corrected chi connectivity index (χ3v) is 9.66. The van der Waals surface area contributed by atoms with Gasteiger partial charge in [0.2, 0.25) is 0 Å². The van der Waals surface area contributed by atoms with Gasteiger partial charge in [0.15, 0.2) is 23.3 Å². The van der Waals surface area contributed by atoms with Gasteiger partial charge in [-0.1, -0.05) is 140 Å². The summed E-state index contributed by atoms with van der Waals surface area (Å²) in [5.41, 5.74) is 7.44. The highest BCUT2D eigenvalue weighted by Crippen LogP contribution is 2.43. The molecule has 9 aromatic rings. The van der Waals surface area contributed by atoms with Crippen LogP contribution in [0.2, 0.25) is 0 Å². The summed E-state index contributed by atoms with van der Waals surface area (Å²) in [7, 11) is 0. The summed E-state index contributed by atoms with van der Waals surface area (Å²) in [4.78, 5) is 25.5. The summed E-state index contributed by atoms with van der Waals surface area (Å²) in [6.45, 7) is 0. The Balaban J connectivity index is 1.33. The molecule has 0 saturated carbocycles. The van der Waals surface area contributed by atoms with Gasteiger partial charge in [0.25, 0.3) is 0 Å². The molecule has 6 heteroatoms. The Bertz CT molecular complexity index is 2470. The van der Waals surface area contributed by atoms with E-state index in [0.717, 1.165) is 54.9 Å². The molecule has 0 aliphatic heterocycles. The lowest BCUT2D eigenvalue weighted by Crippen LogP contribution is -2.01. The quantitative estimate of drug-likeness (QED) is 0.180. The van der Waals surface area contributed by atoms with Crippen LogP contribution in [0.3, 0.4) is 0 Å². The van der Waals surface area contributed by atoms with Crippen LogP contribution >= 0.6 is 11.3 Å². The molecular weight excluding hydrogens is 619 g/mol. The summed E-state index contributed by atoms with van der Waals surface area (Å²) >= 11 is 1.77. The summed E-state index contributed by atoms with van der Waals surface area (Å²) in [6.07, 6.45) is 0. The third-order valence-electron chi connectivity index (χ3n) is 8.54. The van der Waals surface area contributed by atoms with Crippen LogP contribution in [0.4, 0.5) is 0 Å². The first-order chi connectivity index (χ1) is 24.3. The number of hydrogen-bond acceptors (Lipinski definition) is 6. The van der Waals surface area contributed by atoms with Crippen molar-refractivity contribution in [3.8, 4) is 68.1 Å². The molecule has 3 heterocycles. The molecule has 0 aliphatic carbocycles. The van der Waals surface area contributed by atoms with E-state index >= 15 is 0 Å². The van der Waals surface area contributed by atoms with Gasteiger partial charge in [-0.05, 0) is 24.3 Å². The fraction of sp³-hybridized carbons (Fsp3) is 0. The summed E-state index contributed by atoms with van der Waals surface area (Å²) in [5, 5.41) is 2.29. The molecule has 0 atom stereocenters. The number of aromatic nitrogens is 5. The maximum absolute atomic E-state index is 5.17. The fourth-order valence-corrected chi connectivity index (χ4v) is 7.35. The average molecular weight is 646 g/mol. The molecular formula is C43H27N5S. The van der Waals surface area contributed by atoms with Gasteiger partial charge in [0, 0.05) is 53.6 Å². The standard InChI is InChI=1S/C43H27N5S/c1-5-15-28(16-6-1)35-27-36(45-40(44-35)29-17-7-2-8-18-29)32-25-34(39-33-23-13-14-24-37(33)49-38(39)26-32)43-47-41(30-19-9-3-10-20-30)46-42(48-43)31-21-11-4-12-22-31/h1-27H. The molecule has 6 aromatic carbocycles. The van der Waals surface area contributed by atoms with Crippen LogP contribution in [0.15, 0.2) is 164 Å². The minimum absolute atomic E-state index is 0.615. The lowest BCUT2D eigenvalue weighted by Gasteiger charge is -2.13. The van der Waals surface area contributed by atoms with Crippen molar-refractivity contribution in [3.63, 3.8) is 0 Å². The second-order valence-electron chi connectivity index (χ2n) is 11.7.